The molecule has 0 saturated carbocycles. The van der Waals surface area contributed by atoms with Crippen molar-refractivity contribution in [1.82, 2.24) is 0 Å². The van der Waals surface area contributed by atoms with E-state index >= 15 is 0 Å². The van der Waals surface area contributed by atoms with Crippen LogP contribution in [0, 0.1) is 5.82 Å². The van der Waals surface area contributed by atoms with Crippen LogP contribution in [-0.2, 0) is 10.0 Å². The average Bonchev–Trinajstić information content (AvgIpc) is 2.40. The largest absolute Gasteiger partial charge is 0.267 e. The monoisotopic (exact) mass is 229 g/mol. The molecule has 0 aromatic heterocycles. The number of hydrogen-bond donors (Lipinski definition) is 0. The first kappa shape index (κ1) is 10.4. The van der Waals surface area contributed by atoms with Gasteiger partial charge in [-0.25, -0.2) is 12.8 Å². The molecule has 0 amide bonds. The Bertz CT molecular complexity index is 472. The molecular weight excluding hydrogens is 217 g/mol. The van der Waals surface area contributed by atoms with E-state index in [0.29, 0.717) is 12.1 Å². The van der Waals surface area contributed by atoms with E-state index in [2.05, 4.69) is 0 Å². The fraction of sp³-hybridized carbons (Fsp3) is 0.400. The van der Waals surface area contributed by atoms with Gasteiger partial charge in [0, 0.05) is 6.04 Å². The Labute approximate surface area is 88.6 Å². The van der Waals surface area contributed by atoms with Crippen LogP contribution in [0.1, 0.15) is 13.3 Å². The molecule has 3 nitrogen and oxygen atoms in total. The van der Waals surface area contributed by atoms with Gasteiger partial charge in [0.05, 0.1) is 11.4 Å². The van der Waals surface area contributed by atoms with Crippen molar-refractivity contribution in [3.05, 3.63) is 30.1 Å². The molecule has 5 heteroatoms. The molecule has 1 aromatic rings. The zero-order valence-corrected chi connectivity index (χ0v) is 9.17. The summed E-state index contributed by atoms with van der Waals surface area (Å²) in [6.07, 6.45) is 0.596. The topological polar surface area (TPSA) is 37.4 Å². The van der Waals surface area contributed by atoms with Gasteiger partial charge >= 0.3 is 0 Å². The van der Waals surface area contributed by atoms with Gasteiger partial charge in [-0.2, -0.15) is 0 Å². The van der Waals surface area contributed by atoms with Crippen LogP contribution in [0.5, 0.6) is 0 Å². The number of rotatable bonds is 1. The third-order valence-corrected chi connectivity index (χ3v) is 4.48. The molecule has 0 bridgehead atoms. The molecule has 1 aromatic carbocycles. The first-order chi connectivity index (χ1) is 7.00. The maximum absolute atomic E-state index is 13.0. The van der Waals surface area contributed by atoms with Crippen molar-refractivity contribution in [1.29, 1.82) is 0 Å². The van der Waals surface area contributed by atoms with Gasteiger partial charge in [-0.3, -0.25) is 4.31 Å². The molecule has 1 heterocycles. The van der Waals surface area contributed by atoms with E-state index in [1.165, 1.54) is 22.5 Å². The molecule has 82 valence electrons. The van der Waals surface area contributed by atoms with Crippen molar-refractivity contribution in [3.63, 3.8) is 0 Å². The third-order valence-electron chi connectivity index (χ3n) is 2.56. The van der Waals surface area contributed by atoms with Crippen LogP contribution in [0.15, 0.2) is 24.3 Å². The number of halogens is 1. The molecule has 0 aliphatic carbocycles. The number of sulfonamides is 1. The Balaban J connectivity index is 2.46. The summed E-state index contributed by atoms with van der Waals surface area (Å²) in [7, 11) is -3.24. The summed E-state index contributed by atoms with van der Waals surface area (Å²) in [5, 5.41) is 0. The second kappa shape index (κ2) is 3.48. The summed E-state index contributed by atoms with van der Waals surface area (Å²) in [6.45, 7) is 1.83. The second-order valence-electron chi connectivity index (χ2n) is 3.73. The summed E-state index contributed by atoms with van der Waals surface area (Å²) in [5.41, 5.74) is 0.417. The standard InChI is InChI=1S/C10H12FNO2S/c1-8-5-6-15(13,14)12(8)10-4-2-3-9(11)7-10/h2-4,7-8H,5-6H2,1H3. The van der Waals surface area contributed by atoms with E-state index in [1.54, 1.807) is 6.07 Å². The molecule has 1 fully saturated rings. The number of hydrogen-bond acceptors (Lipinski definition) is 2. The lowest BCUT2D eigenvalue weighted by Gasteiger charge is -2.22. The Morgan fingerprint density at radius 3 is 2.73 bits per heavy atom. The summed E-state index contributed by atoms with van der Waals surface area (Å²) in [4.78, 5) is 0. The van der Waals surface area contributed by atoms with Crippen LogP contribution in [0.2, 0.25) is 0 Å². The van der Waals surface area contributed by atoms with Gasteiger partial charge in [-0.05, 0) is 31.5 Å². The van der Waals surface area contributed by atoms with E-state index in [-0.39, 0.29) is 11.8 Å². The van der Waals surface area contributed by atoms with Crippen LogP contribution in [0.4, 0.5) is 10.1 Å². The molecule has 1 saturated heterocycles. The van der Waals surface area contributed by atoms with Gasteiger partial charge in [0.1, 0.15) is 5.82 Å². The zero-order valence-electron chi connectivity index (χ0n) is 8.35. The highest BCUT2D eigenvalue weighted by atomic mass is 32.2. The molecule has 1 aliphatic rings. The predicted molar refractivity (Wildman–Crippen MR) is 56.7 cm³/mol. The van der Waals surface area contributed by atoms with Crippen molar-refractivity contribution < 1.29 is 12.8 Å². The lowest BCUT2D eigenvalue weighted by Crippen LogP contribution is -2.31. The summed E-state index contributed by atoms with van der Waals surface area (Å²) in [5.74, 6) is -0.271. The van der Waals surface area contributed by atoms with Crippen molar-refractivity contribution in [2.75, 3.05) is 10.1 Å². The number of nitrogens with zero attached hydrogens (tertiary/aromatic N) is 1. The van der Waals surface area contributed by atoms with Crippen LogP contribution < -0.4 is 4.31 Å². The quantitative estimate of drug-likeness (QED) is 0.735. The summed E-state index contributed by atoms with van der Waals surface area (Å²) >= 11 is 0. The van der Waals surface area contributed by atoms with Gasteiger partial charge in [-0.15, -0.1) is 0 Å². The molecule has 1 unspecified atom stereocenters. The lowest BCUT2D eigenvalue weighted by atomic mass is 10.2. The van der Waals surface area contributed by atoms with E-state index in [9.17, 15) is 12.8 Å². The number of benzene rings is 1. The van der Waals surface area contributed by atoms with Crippen molar-refractivity contribution in [3.8, 4) is 0 Å². The highest BCUT2D eigenvalue weighted by molar-refractivity contribution is 7.93. The molecule has 1 atom stereocenters. The maximum Gasteiger partial charge on any atom is 0.235 e. The van der Waals surface area contributed by atoms with Gasteiger partial charge in [0.2, 0.25) is 10.0 Å². The summed E-state index contributed by atoms with van der Waals surface area (Å²) in [6, 6.07) is 5.60. The lowest BCUT2D eigenvalue weighted by molar-refractivity contribution is 0.597. The molecule has 15 heavy (non-hydrogen) atoms. The predicted octanol–water partition coefficient (Wildman–Crippen LogP) is 1.75. The Kier molecular flexibility index (Phi) is 2.42. The molecule has 1 aliphatic heterocycles. The highest BCUT2D eigenvalue weighted by Gasteiger charge is 2.34. The van der Waals surface area contributed by atoms with E-state index in [0.717, 1.165) is 0 Å². The van der Waals surface area contributed by atoms with Crippen LogP contribution in [-0.4, -0.2) is 20.2 Å². The summed E-state index contributed by atoms with van der Waals surface area (Å²) < 4.78 is 37.7. The minimum absolute atomic E-state index is 0.0863. The van der Waals surface area contributed by atoms with Crippen LogP contribution >= 0.6 is 0 Å². The molecular formula is C10H12FNO2S. The Morgan fingerprint density at radius 1 is 1.47 bits per heavy atom. The average molecular weight is 229 g/mol. The van der Waals surface area contributed by atoms with Crippen LogP contribution in [0.3, 0.4) is 0 Å². The van der Waals surface area contributed by atoms with E-state index in [1.807, 2.05) is 6.92 Å². The molecule has 0 spiro atoms. The van der Waals surface area contributed by atoms with Crippen molar-refractivity contribution in [2.24, 2.45) is 0 Å². The fourth-order valence-electron chi connectivity index (χ4n) is 1.84. The SMILES string of the molecule is CC1CCS(=O)(=O)N1c1cccc(F)c1. The smallest absolute Gasteiger partial charge is 0.235 e. The van der Waals surface area contributed by atoms with Gasteiger partial charge in [-0.1, -0.05) is 6.07 Å². The molecule has 0 N–H and O–H groups in total. The number of anilines is 1. The fourth-order valence-corrected chi connectivity index (χ4v) is 3.76. The van der Waals surface area contributed by atoms with Gasteiger partial charge in [0.25, 0.3) is 0 Å². The zero-order chi connectivity index (χ0) is 11.1. The van der Waals surface area contributed by atoms with E-state index < -0.39 is 15.8 Å². The minimum Gasteiger partial charge on any atom is -0.267 e. The Hall–Kier alpha value is -1.10. The highest BCUT2D eigenvalue weighted by Crippen LogP contribution is 2.28. The van der Waals surface area contributed by atoms with Crippen molar-refractivity contribution >= 4 is 15.7 Å². The normalized spacial score (nSPS) is 24.4. The van der Waals surface area contributed by atoms with Crippen molar-refractivity contribution in [2.45, 2.75) is 19.4 Å². The first-order valence-electron chi connectivity index (χ1n) is 4.78. The molecule has 0 radical (unpaired) electrons. The van der Waals surface area contributed by atoms with Gasteiger partial charge in [0.15, 0.2) is 0 Å². The van der Waals surface area contributed by atoms with Crippen LogP contribution in [0.25, 0.3) is 0 Å². The molecule has 2 rings (SSSR count). The second-order valence-corrected chi connectivity index (χ2v) is 5.69. The Morgan fingerprint density at radius 2 is 2.20 bits per heavy atom. The van der Waals surface area contributed by atoms with E-state index in [4.69, 9.17) is 0 Å². The third kappa shape index (κ3) is 1.84. The maximum atomic E-state index is 13.0. The first-order valence-corrected chi connectivity index (χ1v) is 6.39. The van der Waals surface area contributed by atoms with Gasteiger partial charge < -0.3 is 0 Å². The minimum atomic E-state index is -3.24.